The van der Waals surface area contributed by atoms with Crippen LogP contribution in [0.2, 0.25) is 0 Å². The zero-order valence-electron chi connectivity index (χ0n) is 11.0. The molecule has 0 unspecified atom stereocenters. The molecule has 104 valence electrons. The first-order chi connectivity index (χ1) is 9.63. The van der Waals surface area contributed by atoms with Gasteiger partial charge in [0.1, 0.15) is 11.6 Å². The number of methoxy groups -OCH3 is 1. The van der Waals surface area contributed by atoms with Crippen LogP contribution in [0.3, 0.4) is 0 Å². The van der Waals surface area contributed by atoms with Gasteiger partial charge >= 0.3 is 0 Å². The summed E-state index contributed by atoms with van der Waals surface area (Å²) in [5, 5.41) is 13.3. The number of ether oxygens (including phenoxy) is 1. The smallest absolute Gasteiger partial charge is 0.276 e. The number of rotatable bonds is 4. The molecule has 1 aromatic carbocycles. The Bertz CT molecular complexity index is 616. The van der Waals surface area contributed by atoms with Crippen LogP contribution in [0.4, 0.5) is 11.5 Å². The minimum Gasteiger partial charge on any atom is -0.495 e. The minimum absolute atomic E-state index is 0.228. The average molecular weight is 337 g/mol. The van der Waals surface area contributed by atoms with Gasteiger partial charge in [0.05, 0.1) is 12.8 Å². The lowest BCUT2D eigenvalue weighted by molar-refractivity contribution is 0.102. The second-order valence-corrected chi connectivity index (χ2v) is 4.77. The summed E-state index contributed by atoms with van der Waals surface area (Å²) in [4.78, 5) is 12.1. The molecule has 0 atom stereocenters. The summed E-state index contributed by atoms with van der Waals surface area (Å²) in [6.45, 7) is 0. The molecule has 0 aliphatic rings. The summed E-state index contributed by atoms with van der Waals surface area (Å²) in [6, 6.07) is 8.62. The summed E-state index contributed by atoms with van der Waals surface area (Å²) in [6.07, 6.45) is 0. The Kier molecular flexibility index (Phi) is 4.52. The van der Waals surface area contributed by atoms with Crippen molar-refractivity contribution in [3.63, 3.8) is 0 Å². The number of hydrogen-bond acceptors (Lipinski definition) is 5. The van der Waals surface area contributed by atoms with Crippen molar-refractivity contribution in [2.45, 2.75) is 0 Å². The van der Waals surface area contributed by atoms with Gasteiger partial charge in [0, 0.05) is 11.5 Å². The molecule has 0 radical (unpaired) electrons. The summed E-state index contributed by atoms with van der Waals surface area (Å²) < 4.78 is 6.03. The van der Waals surface area contributed by atoms with Gasteiger partial charge in [-0.25, -0.2) is 0 Å². The molecule has 1 aromatic heterocycles. The van der Waals surface area contributed by atoms with Crippen LogP contribution < -0.4 is 15.4 Å². The van der Waals surface area contributed by atoms with E-state index in [9.17, 15) is 4.79 Å². The minimum atomic E-state index is -0.350. The summed E-state index contributed by atoms with van der Waals surface area (Å²) in [5.41, 5.74) is 0.789. The van der Waals surface area contributed by atoms with Gasteiger partial charge in [0.15, 0.2) is 5.69 Å². The zero-order valence-corrected chi connectivity index (χ0v) is 12.6. The van der Waals surface area contributed by atoms with E-state index in [-0.39, 0.29) is 11.6 Å². The molecule has 0 saturated carbocycles. The zero-order chi connectivity index (χ0) is 14.5. The first-order valence-corrected chi connectivity index (χ1v) is 6.59. The van der Waals surface area contributed by atoms with Crippen molar-refractivity contribution in [2.75, 3.05) is 24.8 Å². The Hall–Kier alpha value is -2.15. The van der Waals surface area contributed by atoms with Crippen molar-refractivity contribution in [3.05, 3.63) is 40.5 Å². The van der Waals surface area contributed by atoms with Crippen LogP contribution in [-0.4, -0.2) is 30.3 Å². The second-order valence-electron chi connectivity index (χ2n) is 3.85. The Labute approximate surface area is 124 Å². The van der Waals surface area contributed by atoms with E-state index in [1.165, 1.54) is 0 Å². The van der Waals surface area contributed by atoms with Crippen molar-refractivity contribution in [1.82, 2.24) is 10.2 Å². The molecular weight excluding hydrogens is 324 g/mol. The lowest BCUT2D eigenvalue weighted by atomic mass is 10.2. The molecule has 6 nitrogen and oxygen atoms in total. The molecule has 20 heavy (non-hydrogen) atoms. The number of anilines is 2. The third-order valence-corrected chi connectivity index (χ3v) is 3.06. The number of carbonyl (C=O) groups is 1. The van der Waals surface area contributed by atoms with E-state index in [1.54, 1.807) is 38.4 Å². The highest BCUT2D eigenvalue weighted by Gasteiger charge is 2.12. The van der Waals surface area contributed by atoms with Crippen LogP contribution in [-0.2, 0) is 0 Å². The fourth-order valence-corrected chi connectivity index (χ4v) is 1.91. The number of nitrogens with one attached hydrogen (secondary N) is 2. The van der Waals surface area contributed by atoms with Crippen LogP contribution >= 0.6 is 15.9 Å². The molecule has 0 fully saturated rings. The van der Waals surface area contributed by atoms with Gasteiger partial charge in [-0.05, 0) is 30.3 Å². The maximum absolute atomic E-state index is 12.1. The highest BCUT2D eigenvalue weighted by Crippen LogP contribution is 2.28. The molecule has 2 aromatic rings. The molecule has 0 spiro atoms. The maximum atomic E-state index is 12.1. The molecule has 1 amide bonds. The lowest BCUT2D eigenvalue weighted by Gasteiger charge is -2.10. The number of hydrogen-bond donors (Lipinski definition) is 2. The molecule has 0 bridgehead atoms. The second kappa shape index (κ2) is 6.33. The summed E-state index contributed by atoms with van der Waals surface area (Å²) in [5.74, 6) is 0.819. The predicted octanol–water partition coefficient (Wildman–Crippen LogP) is 2.54. The quantitative estimate of drug-likeness (QED) is 0.897. The molecule has 1 heterocycles. The monoisotopic (exact) mass is 336 g/mol. The van der Waals surface area contributed by atoms with E-state index >= 15 is 0 Å². The SMILES string of the molecule is CNc1ccc(C(=O)Nc2cc(Br)ccc2OC)nn1. The first kappa shape index (κ1) is 14.3. The van der Waals surface area contributed by atoms with Crippen LogP contribution in [0.5, 0.6) is 5.75 Å². The molecule has 0 aliphatic heterocycles. The Morgan fingerprint density at radius 1 is 1.25 bits per heavy atom. The number of halogens is 1. The predicted molar refractivity (Wildman–Crippen MR) is 80.2 cm³/mol. The molecule has 2 rings (SSSR count). The number of carbonyl (C=O) groups excluding carboxylic acids is 1. The van der Waals surface area contributed by atoms with E-state index in [1.807, 2.05) is 6.07 Å². The van der Waals surface area contributed by atoms with Gasteiger partial charge in [0.25, 0.3) is 5.91 Å². The van der Waals surface area contributed by atoms with Gasteiger partial charge in [-0.2, -0.15) is 0 Å². The van der Waals surface area contributed by atoms with E-state index < -0.39 is 0 Å². The van der Waals surface area contributed by atoms with Gasteiger partial charge in [-0.15, -0.1) is 10.2 Å². The number of benzene rings is 1. The Morgan fingerprint density at radius 3 is 2.65 bits per heavy atom. The van der Waals surface area contributed by atoms with Crippen LogP contribution in [0, 0.1) is 0 Å². The third kappa shape index (κ3) is 3.24. The summed E-state index contributed by atoms with van der Waals surface area (Å²) in [7, 11) is 3.27. The topological polar surface area (TPSA) is 76.1 Å². The third-order valence-electron chi connectivity index (χ3n) is 2.56. The number of aromatic nitrogens is 2. The average Bonchev–Trinajstić information content (AvgIpc) is 2.47. The molecular formula is C13H13BrN4O2. The largest absolute Gasteiger partial charge is 0.495 e. The van der Waals surface area contributed by atoms with Gasteiger partial charge in [-0.1, -0.05) is 15.9 Å². The van der Waals surface area contributed by atoms with Crippen molar-refractivity contribution in [3.8, 4) is 5.75 Å². The fraction of sp³-hybridized carbons (Fsp3) is 0.154. The maximum Gasteiger partial charge on any atom is 0.276 e. The Balaban J connectivity index is 2.20. The van der Waals surface area contributed by atoms with Crippen molar-refractivity contribution in [1.29, 1.82) is 0 Å². The fourth-order valence-electron chi connectivity index (χ4n) is 1.55. The van der Waals surface area contributed by atoms with E-state index in [4.69, 9.17) is 4.74 Å². The lowest BCUT2D eigenvalue weighted by Crippen LogP contribution is -2.15. The van der Waals surface area contributed by atoms with Gasteiger partial charge in [0.2, 0.25) is 0 Å². The van der Waals surface area contributed by atoms with Gasteiger partial charge < -0.3 is 15.4 Å². The Morgan fingerprint density at radius 2 is 2.05 bits per heavy atom. The molecule has 0 saturated heterocycles. The molecule has 7 heteroatoms. The highest BCUT2D eigenvalue weighted by molar-refractivity contribution is 9.10. The van der Waals surface area contributed by atoms with Crippen LogP contribution in [0.15, 0.2) is 34.8 Å². The normalized spacial score (nSPS) is 9.95. The van der Waals surface area contributed by atoms with E-state index in [2.05, 4.69) is 36.8 Å². The number of nitrogens with zero attached hydrogens (tertiary/aromatic N) is 2. The van der Waals surface area contributed by atoms with Crippen molar-refractivity contribution < 1.29 is 9.53 Å². The number of amides is 1. The highest BCUT2D eigenvalue weighted by atomic mass is 79.9. The molecule has 0 aliphatic carbocycles. The van der Waals surface area contributed by atoms with E-state index in [0.29, 0.717) is 17.3 Å². The van der Waals surface area contributed by atoms with Gasteiger partial charge in [-0.3, -0.25) is 4.79 Å². The first-order valence-electron chi connectivity index (χ1n) is 5.80. The van der Waals surface area contributed by atoms with Crippen molar-refractivity contribution >= 4 is 33.3 Å². The van der Waals surface area contributed by atoms with Crippen LogP contribution in [0.1, 0.15) is 10.5 Å². The standard InChI is InChI=1S/C13H13BrN4O2/c1-15-12-6-4-9(17-18-12)13(19)16-10-7-8(14)3-5-11(10)20-2/h3-7H,1-2H3,(H,15,18)(H,16,19). The van der Waals surface area contributed by atoms with Crippen LogP contribution in [0.25, 0.3) is 0 Å². The van der Waals surface area contributed by atoms with E-state index in [0.717, 1.165) is 4.47 Å². The molecule has 2 N–H and O–H groups in total. The summed E-state index contributed by atoms with van der Waals surface area (Å²) >= 11 is 3.35. The van der Waals surface area contributed by atoms with Crippen molar-refractivity contribution in [2.24, 2.45) is 0 Å².